The van der Waals surface area contributed by atoms with E-state index in [1.165, 1.54) is 12.1 Å². The molecule has 15 heavy (non-hydrogen) atoms. The zero-order valence-corrected chi connectivity index (χ0v) is 7.76. The highest BCUT2D eigenvalue weighted by Crippen LogP contribution is 2.31. The van der Waals surface area contributed by atoms with Gasteiger partial charge in [0, 0.05) is 0 Å². The summed E-state index contributed by atoms with van der Waals surface area (Å²) in [5, 5.41) is -0.233. The number of halogens is 4. The lowest BCUT2D eigenvalue weighted by Crippen LogP contribution is -2.17. The number of para-hydroxylation sites is 1. The van der Waals surface area contributed by atoms with E-state index < -0.39 is 12.1 Å². The summed E-state index contributed by atoms with van der Waals surface area (Å²) < 4.78 is 44.4. The third-order valence-corrected chi connectivity index (χ3v) is 1.74. The highest BCUT2D eigenvalue weighted by Gasteiger charge is 2.32. The molecule has 0 atom stereocenters. The second kappa shape index (κ2) is 3.30. The van der Waals surface area contributed by atoms with E-state index in [2.05, 4.69) is 9.72 Å². The normalized spacial score (nSPS) is 12.0. The molecule has 1 aromatic carbocycles. The van der Waals surface area contributed by atoms with Crippen LogP contribution in [-0.4, -0.2) is 11.3 Å². The molecule has 0 fully saturated rings. The molecule has 0 aliphatic heterocycles. The summed E-state index contributed by atoms with van der Waals surface area (Å²) in [6.45, 7) is 0. The maximum Gasteiger partial charge on any atom is 0.573 e. The van der Waals surface area contributed by atoms with E-state index >= 15 is 0 Å². The first kappa shape index (κ1) is 10.1. The Morgan fingerprint density at radius 1 is 1.33 bits per heavy atom. The van der Waals surface area contributed by atoms with Crippen LogP contribution in [0.3, 0.4) is 0 Å². The average Bonchev–Trinajstić information content (AvgIpc) is 2.43. The van der Waals surface area contributed by atoms with Gasteiger partial charge in [-0.05, 0) is 23.7 Å². The molecule has 1 heterocycles. The number of oxazole rings is 1. The third kappa shape index (κ3) is 2.15. The van der Waals surface area contributed by atoms with Crippen LogP contribution in [0.25, 0.3) is 11.1 Å². The first-order valence-electron chi connectivity index (χ1n) is 3.76. The molecule has 0 saturated heterocycles. The van der Waals surface area contributed by atoms with Crippen molar-refractivity contribution in [2.75, 3.05) is 0 Å². The van der Waals surface area contributed by atoms with Gasteiger partial charge in [-0.25, -0.2) is 0 Å². The van der Waals surface area contributed by atoms with Gasteiger partial charge in [0.2, 0.25) is 0 Å². The average molecular weight is 238 g/mol. The van der Waals surface area contributed by atoms with E-state index in [-0.39, 0.29) is 16.4 Å². The van der Waals surface area contributed by atoms with Gasteiger partial charge in [0.05, 0.1) is 0 Å². The van der Waals surface area contributed by atoms with Crippen molar-refractivity contribution in [2.45, 2.75) is 6.36 Å². The fraction of sp³-hybridized carbons (Fsp3) is 0.125. The fourth-order valence-electron chi connectivity index (χ4n) is 1.10. The molecule has 2 aromatic rings. The zero-order valence-electron chi connectivity index (χ0n) is 7.01. The number of fused-ring (bicyclic) bond motifs is 1. The minimum absolute atomic E-state index is 0.125. The predicted molar refractivity (Wildman–Crippen MR) is 45.7 cm³/mol. The van der Waals surface area contributed by atoms with Crippen molar-refractivity contribution < 1.29 is 22.3 Å². The molecule has 0 aliphatic rings. The van der Waals surface area contributed by atoms with E-state index in [4.69, 9.17) is 16.0 Å². The number of rotatable bonds is 1. The lowest BCUT2D eigenvalue weighted by molar-refractivity contribution is -0.274. The van der Waals surface area contributed by atoms with Gasteiger partial charge in [-0.2, -0.15) is 4.98 Å². The number of hydrogen-bond donors (Lipinski definition) is 0. The van der Waals surface area contributed by atoms with E-state index in [1.807, 2.05) is 0 Å². The maximum absolute atomic E-state index is 12.0. The van der Waals surface area contributed by atoms with Crippen molar-refractivity contribution in [1.82, 2.24) is 4.98 Å². The van der Waals surface area contributed by atoms with Gasteiger partial charge in [-0.1, -0.05) is 6.07 Å². The molecule has 0 unspecified atom stereocenters. The smallest absolute Gasteiger partial charge is 0.424 e. The minimum Gasteiger partial charge on any atom is -0.424 e. The largest absolute Gasteiger partial charge is 0.573 e. The van der Waals surface area contributed by atoms with Gasteiger partial charge < -0.3 is 9.15 Å². The Morgan fingerprint density at radius 3 is 2.73 bits per heavy atom. The molecule has 2 rings (SSSR count). The van der Waals surface area contributed by atoms with Gasteiger partial charge >= 0.3 is 6.36 Å². The predicted octanol–water partition coefficient (Wildman–Crippen LogP) is 3.38. The number of aromatic nitrogens is 1. The van der Waals surface area contributed by atoms with Crippen LogP contribution in [0.15, 0.2) is 22.6 Å². The number of benzene rings is 1. The Morgan fingerprint density at radius 2 is 2.07 bits per heavy atom. The van der Waals surface area contributed by atoms with Crippen molar-refractivity contribution in [3.63, 3.8) is 0 Å². The van der Waals surface area contributed by atoms with Crippen LogP contribution in [0.5, 0.6) is 5.75 Å². The fourth-order valence-corrected chi connectivity index (χ4v) is 1.27. The second-order valence-corrected chi connectivity index (χ2v) is 2.94. The first-order valence-corrected chi connectivity index (χ1v) is 4.14. The van der Waals surface area contributed by atoms with Crippen LogP contribution >= 0.6 is 11.6 Å². The summed E-state index contributed by atoms with van der Waals surface area (Å²) in [5.74, 6) is -0.459. The molecule has 0 amide bonds. The molecule has 0 bridgehead atoms. The van der Waals surface area contributed by atoms with Gasteiger partial charge in [-0.15, -0.1) is 13.2 Å². The quantitative estimate of drug-likeness (QED) is 0.763. The van der Waals surface area contributed by atoms with Crippen molar-refractivity contribution in [1.29, 1.82) is 0 Å². The lowest BCUT2D eigenvalue weighted by atomic mass is 10.3. The SMILES string of the molecule is FC(F)(F)Oc1cccc2nc(Cl)oc12. The Labute approximate surface area is 86.4 Å². The summed E-state index contributed by atoms with van der Waals surface area (Å²) in [4.78, 5) is 3.66. The van der Waals surface area contributed by atoms with Gasteiger partial charge in [-0.3, -0.25) is 0 Å². The molecule has 0 spiro atoms. The van der Waals surface area contributed by atoms with Gasteiger partial charge in [0.25, 0.3) is 5.35 Å². The summed E-state index contributed by atoms with van der Waals surface area (Å²) >= 11 is 5.41. The summed E-state index contributed by atoms with van der Waals surface area (Å²) in [6.07, 6.45) is -4.77. The van der Waals surface area contributed by atoms with Gasteiger partial charge in [0.1, 0.15) is 5.52 Å². The van der Waals surface area contributed by atoms with Crippen LogP contribution in [0.4, 0.5) is 13.2 Å². The Kier molecular flexibility index (Phi) is 2.22. The van der Waals surface area contributed by atoms with Crippen molar-refractivity contribution in [3.8, 4) is 5.75 Å². The molecule has 0 radical (unpaired) electrons. The lowest BCUT2D eigenvalue weighted by Gasteiger charge is -2.07. The zero-order chi connectivity index (χ0) is 11.1. The maximum atomic E-state index is 12.0. The van der Waals surface area contributed by atoms with E-state index in [0.29, 0.717) is 0 Å². The number of nitrogens with zero attached hydrogens (tertiary/aromatic N) is 1. The van der Waals surface area contributed by atoms with Crippen molar-refractivity contribution in [3.05, 3.63) is 23.5 Å². The third-order valence-electron chi connectivity index (χ3n) is 1.58. The molecule has 7 heteroatoms. The van der Waals surface area contributed by atoms with Crippen molar-refractivity contribution >= 4 is 22.7 Å². The molecular weight excluding hydrogens is 235 g/mol. The minimum atomic E-state index is -4.77. The molecule has 3 nitrogen and oxygen atoms in total. The topological polar surface area (TPSA) is 35.3 Å². The standard InChI is InChI=1S/C8H3ClF3NO2/c9-7-13-4-2-1-3-5(6(4)14-7)15-8(10,11)12/h1-3H. The molecule has 0 N–H and O–H groups in total. The highest BCUT2D eigenvalue weighted by molar-refractivity contribution is 6.28. The highest BCUT2D eigenvalue weighted by atomic mass is 35.5. The Bertz CT molecular complexity index is 494. The molecule has 0 saturated carbocycles. The number of alkyl halides is 3. The molecule has 1 aromatic heterocycles. The van der Waals surface area contributed by atoms with Crippen LogP contribution in [-0.2, 0) is 0 Å². The van der Waals surface area contributed by atoms with E-state index in [0.717, 1.165) is 6.07 Å². The first-order chi connectivity index (χ1) is 6.96. The second-order valence-electron chi connectivity index (χ2n) is 2.62. The van der Waals surface area contributed by atoms with Crippen LogP contribution in [0.2, 0.25) is 5.35 Å². The van der Waals surface area contributed by atoms with E-state index in [9.17, 15) is 13.2 Å². The van der Waals surface area contributed by atoms with E-state index in [1.54, 1.807) is 0 Å². The monoisotopic (exact) mass is 237 g/mol. The van der Waals surface area contributed by atoms with Crippen molar-refractivity contribution in [2.24, 2.45) is 0 Å². The number of hydrogen-bond acceptors (Lipinski definition) is 3. The summed E-state index contributed by atoms with van der Waals surface area (Å²) in [6, 6.07) is 3.95. The summed E-state index contributed by atoms with van der Waals surface area (Å²) in [5.41, 5.74) is 0.0848. The van der Waals surface area contributed by atoms with Crippen LogP contribution in [0.1, 0.15) is 0 Å². The molecule has 0 aliphatic carbocycles. The summed E-state index contributed by atoms with van der Waals surface area (Å²) in [7, 11) is 0. The van der Waals surface area contributed by atoms with Crippen LogP contribution < -0.4 is 4.74 Å². The van der Waals surface area contributed by atoms with Gasteiger partial charge in [0.15, 0.2) is 11.3 Å². The Hall–Kier alpha value is -1.43. The molecule has 80 valence electrons. The molecular formula is C8H3ClF3NO2. The Balaban J connectivity index is 2.51. The number of ether oxygens (including phenoxy) is 1. The van der Waals surface area contributed by atoms with Crippen LogP contribution in [0, 0.1) is 0 Å².